The molecule has 1 atom stereocenters. The number of carbonyl (C=O) groups is 2. The third-order valence-electron chi connectivity index (χ3n) is 3.98. The summed E-state index contributed by atoms with van der Waals surface area (Å²) in [4.78, 5) is 27.3. The smallest absolute Gasteiger partial charge is 0.227 e. The standard InChI is InChI=1S/C19H20N2O2S/c22-18-13-15(14-21(18)16-7-3-1-4-8-16)19(23)20-11-12-24-17-9-5-2-6-10-17/h1-10,15H,11-14H2,(H,20,23)/t15-/m1/s1. The normalized spacial score (nSPS) is 17.1. The van der Waals surface area contributed by atoms with Crippen molar-refractivity contribution in [2.24, 2.45) is 5.92 Å². The van der Waals surface area contributed by atoms with E-state index < -0.39 is 0 Å². The molecule has 4 nitrogen and oxygen atoms in total. The Morgan fingerprint density at radius 3 is 2.46 bits per heavy atom. The first-order valence-corrected chi connectivity index (χ1v) is 9.03. The van der Waals surface area contributed by atoms with Gasteiger partial charge in [0, 0.05) is 35.8 Å². The number of nitrogens with one attached hydrogen (secondary N) is 1. The van der Waals surface area contributed by atoms with E-state index >= 15 is 0 Å². The molecule has 0 saturated carbocycles. The molecule has 2 amide bonds. The van der Waals surface area contributed by atoms with E-state index in [1.54, 1.807) is 16.7 Å². The zero-order valence-electron chi connectivity index (χ0n) is 13.4. The van der Waals surface area contributed by atoms with Crippen LogP contribution in [0.4, 0.5) is 5.69 Å². The number of thioether (sulfide) groups is 1. The van der Waals surface area contributed by atoms with Crippen LogP contribution in [0.15, 0.2) is 65.6 Å². The molecular formula is C19H20N2O2S. The van der Waals surface area contributed by atoms with Crippen molar-refractivity contribution in [2.75, 3.05) is 23.7 Å². The van der Waals surface area contributed by atoms with Crippen LogP contribution >= 0.6 is 11.8 Å². The lowest BCUT2D eigenvalue weighted by Gasteiger charge is -2.16. The summed E-state index contributed by atoms with van der Waals surface area (Å²) in [7, 11) is 0. The van der Waals surface area contributed by atoms with Gasteiger partial charge < -0.3 is 10.2 Å². The molecule has 0 unspecified atom stereocenters. The minimum Gasteiger partial charge on any atom is -0.355 e. The van der Waals surface area contributed by atoms with Crippen molar-refractivity contribution >= 4 is 29.3 Å². The average Bonchev–Trinajstić information content (AvgIpc) is 3.02. The SMILES string of the molecule is O=C(NCCSc1ccccc1)[C@@H]1CC(=O)N(c2ccccc2)C1. The van der Waals surface area contributed by atoms with Crippen molar-refractivity contribution in [2.45, 2.75) is 11.3 Å². The molecule has 1 aliphatic rings. The average molecular weight is 340 g/mol. The third kappa shape index (κ3) is 4.17. The number of hydrogen-bond acceptors (Lipinski definition) is 3. The van der Waals surface area contributed by atoms with Gasteiger partial charge in [-0.2, -0.15) is 0 Å². The van der Waals surface area contributed by atoms with E-state index in [-0.39, 0.29) is 24.2 Å². The molecule has 0 spiro atoms. The summed E-state index contributed by atoms with van der Waals surface area (Å²) in [6, 6.07) is 19.6. The molecule has 5 heteroatoms. The molecule has 3 rings (SSSR count). The van der Waals surface area contributed by atoms with Crippen LogP contribution in [0.3, 0.4) is 0 Å². The molecule has 1 N–H and O–H groups in total. The van der Waals surface area contributed by atoms with Gasteiger partial charge >= 0.3 is 0 Å². The molecule has 124 valence electrons. The van der Waals surface area contributed by atoms with Crippen LogP contribution in [-0.4, -0.2) is 30.7 Å². The van der Waals surface area contributed by atoms with Crippen LogP contribution in [0.2, 0.25) is 0 Å². The maximum absolute atomic E-state index is 12.3. The van der Waals surface area contributed by atoms with Crippen LogP contribution < -0.4 is 10.2 Å². The van der Waals surface area contributed by atoms with Crippen molar-refractivity contribution < 1.29 is 9.59 Å². The largest absolute Gasteiger partial charge is 0.355 e. The third-order valence-corrected chi connectivity index (χ3v) is 4.99. The summed E-state index contributed by atoms with van der Waals surface area (Å²) in [6.07, 6.45) is 0.284. The highest BCUT2D eigenvalue weighted by Gasteiger charge is 2.34. The summed E-state index contributed by atoms with van der Waals surface area (Å²) in [6.45, 7) is 1.06. The minimum absolute atomic E-state index is 0.0139. The lowest BCUT2D eigenvalue weighted by Crippen LogP contribution is -2.34. The highest BCUT2D eigenvalue weighted by molar-refractivity contribution is 7.99. The molecule has 24 heavy (non-hydrogen) atoms. The number of hydrogen-bond donors (Lipinski definition) is 1. The fourth-order valence-electron chi connectivity index (χ4n) is 2.74. The number of para-hydroxylation sites is 1. The maximum atomic E-state index is 12.3. The molecule has 1 aliphatic heterocycles. The molecule has 0 aromatic heterocycles. The van der Waals surface area contributed by atoms with Crippen molar-refractivity contribution in [1.82, 2.24) is 5.32 Å². The Morgan fingerprint density at radius 2 is 1.75 bits per heavy atom. The zero-order chi connectivity index (χ0) is 16.8. The predicted octanol–water partition coefficient (Wildman–Crippen LogP) is 2.95. The predicted molar refractivity (Wildman–Crippen MR) is 97.1 cm³/mol. The first-order chi connectivity index (χ1) is 11.7. The first kappa shape index (κ1) is 16.6. The number of anilines is 1. The molecule has 1 saturated heterocycles. The van der Waals surface area contributed by atoms with E-state index in [0.29, 0.717) is 13.1 Å². The number of rotatable bonds is 6. The van der Waals surface area contributed by atoms with Gasteiger partial charge in [-0.15, -0.1) is 11.8 Å². The highest BCUT2D eigenvalue weighted by atomic mass is 32.2. The summed E-state index contributed by atoms with van der Waals surface area (Å²) in [5, 5.41) is 2.95. The number of benzene rings is 2. The molecular weight excluding hydrogens is 320 g/mol. The Balaban J connectivity index is 1.45. The van der Waals surface area contributed by atoms with Crippen molar-refractivity contribution in [3.8, 4) is 0 Å². The quantitative estimate of drug-likeness (QED) is 0.650. The van der Waals surface area contributed by atoms with Gasteiger partial charge in [0.25, 0.3) is 0 Å². The second-order valence-corrected chi connectivity index (χ2v) is 6.86. The Hall–Kier alpha value is -2.27. The minimum atomic E-state index is -0.264. The Labute approximate surface area is 146 Å². The van der Waals surface area contributed by atoms with E-state index in [4.69, 9.17) is 0 Å². The van der Waals surface area contributed by atoms with Gasteiger partial charge in [0.15, 0.2) is 0 Å². The van der Waals surface area contributed by atoms with E-state index in [0.717, 1.165) is 11.4 Å². The van der Waals surface area contributed by atoms with E-state index in [9.17, 15) is 9.59 Å². The van der Waals surface area contributed by atoms with Gasteiger partial charge in [-0.3, -0.25) is 9.59 Å². The Bertz CT molecular complexity index is 691. The highest BCUT2D eigenvalue weighted by Crippen LogP contribution is 2.24. The first-order valence-electron chi connectivity index (χ1n) is 8.05. The van der Waals surface area contributed by atoms with Crippen LogP contribution in [0, 0.1) is 5.92 Å². The number of carbonyl (C=O) groups excluding carboxylic acids is 2. The summed E-state index contributed by atoms with van der Waals surface area (Å²) >= 11 is 1.71. The maximum Gasteiger partial charge on any atom is 0.227 e. The molecule has 0 radical (unpaired) electrons. The van der Waals surface area contributed by atoms with Crippen molar-refractivity contribution in [3.05, 3.63) is 60.7 Å². The van der Waals surface area contributed by atoms with E-state index in [1.807, 2.05) is 48.5 Å². The Kier molecular flexibility index (Phi) is 5.54. The molecule has 0 bridgehead atoms. The Morgan fingerprint density at radius 1 is 1.08 bits per heavy atom. The molecule has 1 heterocycles. The summed E-state index contributed by atoms with van der Waals surface area (Å²) in [5.74, 6) is 0.536. The van der Waals surface area contributed by atoms with Crippen molar-refractivity contribution in [3.63, 3.8) is 0 Å². The lowest BCUT2D eigenvalue weighted by molar-refractivity contribution is -0.126. The van der Waals surface area contributed by atoms with Gasteiger partial charge in [0.1, 0.15) is 0 Å². The molecule has 1 fully saturated rings. The van der Waals surface area contributed by atoms with Crippen LogP contribution in [-0.2, 0) is 9.59 Å². The van der Waals surface area contributed by atoms with E-state index in [2.05, 4.69) is 17.4 Å². The molecule has 2 aromatic rings. The lowest BCUT2D eigenvalue weighted by atomic mass is 10.1. The fraction of sp³-hybridized carbons (Fsp3) is 0.263. The summed E-state index contributed by atoms with van der Waals surface area (Å²) < 4.78 is 0. The second kappa shape index (κ2) is 8.02. The monoisotopic (exact) mass is 340 g/mol. The van der Waals surface area contributed by atoms with Crippen LogP contribution in [0.25, 0.3) is 0 Å². The van der Waals surface area contributed by atoms with Gasteiger partial charge in [-0.05, 0) is 24.3 Å². The van der Waals surface area contributed by atoms with E-state index in [1.165, 1.54) is 4.90 Å². The zero-order valence-corrected chi connectivity index (χ0v) is 14.2. The van der Waals surface area contributed by atoms with Gasteiger partial charge in [0.2, 0.25) is 11.8 Å². The van der Waals surface area contributed by atoms with Gasteiger partial charge in [-0.25, -0.2) is 0 Å². The van der Waals surface area contributed by atoms with Crippen molar-refractivity contribution in [1.29, 1.82) is 0 Å². The second-order valence-electron chi connectivity index (χ2n) is 5.69. The number of amides is 2. The summed E-state index contributed by atoms with van der Waals surface area (Å²) in [5.41, 5.74) is 0.859. The molecule has 2 aromatic carbocycles. The molecule has 0 aliphatic carbocycles. The number of nitrogens with zero attached hydrogens (tertiary/aromatic N) is 1. The fourth-order valence-corrected chi connectivity index (χ4v) is 3.53. The van der Waals surface area contributed by atoms with Crippen LogP contribution in [0.5, 0.6) is 0 Å². The topological polar surface area (TPSA) is 49.4 Å². The van der Waals surface area contributed by atoms with Gasteiger partial charge in [0.05, 0.1) is 5.92 Å². The van der Waals surface area contributed by atoms with Gasteiger partial charge in [-0.1, -0.05) is 36.4 Å². The van der Waals surface area contributed by atoms with Crippen LogP contribution in [0.1, 0.15) is 6.42 Å².